The van der Waals surface area contributed by atoms with E-state index in [4.69, 9.17) is 5.73 Å². The van der Waals surface area contributed by atoms with Gasteiger partial charge in [0.15, 0.2) is 11.1 Å². The summed E-state index contributed by atoms with van der Waals surface area (Å²) in [6, 6.07) is 6.00. The SMILES string of the molecule is NC(=NCCc1cn2ccccc2n1)N1CCN(c2nccs2)CC1. The topological polar surface area (TPSA) is 75.0 Å². The summed E-state index contributed by atoms with van der Waals surface area (Å²) in [5.74, 6) is 0.627. The van der Waals surface area contributed by atoms with Crippen molar-refractivity contribution in [2.24, 2.45) is 10.7 Å². The zero-order valence-corrected chi connectivity index (χ0v) is 14.8. The van der Waals surface area contributed by atoms with Crippen molar-refractivity contribution in [2.45, 2.75) is 6.42 Å². The number of aromatic nitrogens is 3. The lowest BCUT2D eigenvalue weighted by Gasteiger charge is -2.35. The maximum absolute atomic E-state index is 6.17. The highest BCUT2D eigenvalue weighted by Gasteiger charge is 2.19. The second-order valence-corrected chi connectivity index (χ2v) is 6.85. The summed E-state index contributed by atoms with van der Waals surface area (Å²) < 4.78 is 2.03. The molecular weight excluding hydrogens is 334 g/mol. The van der Waals surface area contributed by atoms with Crippen LogP contribution in [0, 0.1) is 0 Å². The monoisotopic (exact) mass is 355 g/mol. The van der Waals surface area contributed by atoms with Crippen molar-refractivity contribution in [3.63, 3.8) is 0 Å². The van der Waals surface area contributed by atoms with Gasteiger partial charge in [-0.1, -0.05) is 6.07 Å². The molecule has 130 valence electrons. The highest BCUT2D eigenvalue weighted by molar-refractivity contribution is 7.13. The molecule has 0 atom stereocenters. The molecule has 0 radical (unpaired) electrons. The Morgan fingerprint density at radius 2 is 2.12 bits per heavy atom. The van der Waals surface area contributed by atoms with Gasteiger partial charge in [-0.3, -0.25) is 4.99 Å². The van der Waals surface area contributed by atoms with Crippen molar-refractivity contribution in [3.05, 3.63) is 47.9 Å². The van der Waals surface area contributed by atoms with E-state index in [0.29, 0.717) is 12.5 Å². The number of pyridine rings is 1. The molecule has 25 heavy (non-hydrogen) atoms. The molecule has 0 aliphatic carbocycles. The van der Waals surface area contributed by atoms with Gasteiger partial charge in [-0.05, 0) is 12.1 Å². The van der Waals surface area contributed by atoms with Crippen molar-refractivity contribution in [3.8, 4) is 0 Å². The normalized spacial score (nSPS) is 15.9. The molecule has 1 saturated heterocycles. The Hall–Kier alpha value is -2.61. The maximum atomic E-state index is 6.17. The molecule has 4 rings (SSSR count). The highest BCUT2D eigenvalue weighted by Crippen LogP contribution is 2.18. The van der Waals surface area contributed by atoms with Crippen molar-refractivity contribution in [1.29, 1.82) is 0 Å². The first-order valence-electron chi connectivity index (χ1n) is 8.41. The number of hydrogen-bond acceptors (Lipinski definition) is 5. The van der Waals surface area contributed by atoms with Gasteiger partial charge in [0.25, 0.3) is 0 Å². The van der Waals surface area contributed by atoms with Crippen LogP contribution in [0.2, 0.25) is 0 Å². The fourth-order valence-corrected chi connectivity index (χ4v) is 3.69. The van der Waals surface area contributed by atoms with Gasteiger partial charge in [0.1, 0.15) is 5.65 Å². The molecule has 0 aromatic carbocycles. The molecule has 0 amide bonds. The lowest BCUT2D eigenvalue weighted by Crippen LogP contribution is -2.51. The summed E-state index contributed by atoms with van der Waals surface area (Å²) >= 11 is 1.68. The number of guanidine groups is 1. The molecule has 0 spiro atoms. The third kappa shape index (κ3) is 3.58. The molecule has 2 N–H and O–H groups in total. The summed E-state index contributed by atoms with van der Waals surface area (Å²) in [4.78, 5) is 17.9. The van der Waals surface area contributed by atoms with Crippen LogP contribution in [0.3, 0.4) is 0 Å². The Balaban J connectivity index is 1.30. The second kappa shape index (κ2) is 7.10. The van der Waals surface area contributed by atoms with Crippen LogP contribution >= 0.6 is 11.3 Å². The van der Waals surface area contributed by atoms with Crippen LogP contribution in [0.5, 0.6) is 0 Å². The van der Waals surface area contributed by atoms with Gasteiger partial charge in [0.2, 0.25) is 0 Å². The van der Waals surface area contributed by atoms with Gasteiger partial charge in [-0.25, -0.2) is 9.97 Å². The minimum atomic E-state index is 0.627. The lowest BCUT2D eigenvalue weighted by atomic mass is 10.3. The van der Waals surface area contributed by atoms with Crippen LogP contribution in [0.1, 0.15) is 5.69 Å². The predicted molar refractivity (Wildman–Crippen MR) is 101 cm³/mol. The maximum Gasteiger partial charge on any atom is 0.191 e. The molecular formula is C17H21N7S. The smallest absolute Gasteiger partial charge is 0.191 e. The van der Waals surface area contributed by atoms with E-state index in [1.807, 2.05) is 46.6 Å². The number of imidazole rings is 1. The number of anilines is 1. The van der Waals surface area contributed by atoms with E-state index in [0.717, 1.165) is 49.1 Å². The molecule has 3 aromatic heterocycles. The number of nitrogens with two attached hydrogens (primary N) is 1. The van der Waals surface area contributed by atoms with Gasteiger partial charge in [0, 0.05) is 63.1 Å². The third-order valence-electron chi connectivity index (χ3n) is 4.35. The molecule has 1 fully saturated rings. The Morgan fingerprint density at radius 1 is 1.24 bits per heavy atom. The van der Waals surface area contributed by atoms with Gasteiger partial charge < -0.3 is 19.9 Å². The fourth-order valence-electron chi connectivity index (χ4n) is 2.99. The van der Waals surface area contributed by atoms with E-state index in [1.54, 1.807) is 11.3 Å². The minimum absolute atomic E-state index is 0.627. The van der Waals surface area contributed by atoms with Gasteiger partial charge in [-0.2, -0.15) is 0 Å². The summed E-state index contributed by atoms with van der Waals surface area (Å²) in [5.41, 5.74) is 8.17. The Morgan fingerprint density at radius 3 is 2.88 bits per heavy atom. The Kier molecular flexibility index (Phi) is 4.51. The molecule has 1 aliphatic heterocycles. The summed E-state index contributed by atoms with van der Waals surface area (Å²) in [7, 11) is 0. The standard InChI is InChI=1S/C17H21N7S/c18-16(22-8-10-23(11-9-22)17-20-6-12-25-17)19-5-4-14-13-24-7-2-1-3-15(24)21-14/h1-3,6-7,12-13H,4-5,8-11H2,(H2,18,19). The molecule has 3 aromatic rings. The first kappa shape index (κ1) is 15.9. The number of aliphatic imine (C=N–C) groups is 1. The average molecular weight is 355 g/mol. The molecule has 7 nitrogen and oxygen atoms in total. The van der Waals surface area contributed by atoms with E-state index in [9.17, 15) is 0 Å². The van der Waals surface area contributed by atoms with E-state index < -0.39 is 0 Å². The van der Waals surface area contributed by atoms with Crippen molar-refractivity contribution < 1.29 is 0 Å². The summed E-state index contributed by atoms with van der Waals surface area (Å²) in [5, 5.41) is 3.10. The highest BCUT2D eigenvalue weighted by atomic mass is 32.1. The van der Waals surface area contributed by atoms with Crippen molar-refractivity contribution in [2.75, 3.05) is 37.6 Å². The molecule has 8 heteroatoms. The number of rotatable bonds is 4. The average Bonchev–Trinajstić information content (AvgIpc) is 3.31. The van der Waals surface area contributed by atoms with Crippen LogP contribution in [0.25, 0.3) is 5.65 Å². The predicted octanol–water partition coefficient (Wildman–Crippen LogP) is 1.47. The van der Waals surface area contributed by atoms with Crippen molar-refractivity contribution >= 4 is 28.1 Å². The van der Waals surface area contributed by atoms with Gasteiger partial charge in [-0.15, -0.1) is 11.3 Å². The second-order valence-electron chi connectivity index (χ2n) is 5.98. The molecule has 0 saturated carbocycles. The van der Waals surface area contributed by atoms with Crippen LogP contribution in [-0.2, 0) is 6.42 Å². The lowest BCUT2D eigenvalue weighted by molar-refractivity contribution is 0.380. The summed E-state index contributed by atoms with van der Waals surface area (Å²) in [6.45, 7) is 4.27. The molecule has 0 unspecified atom stereocenters. The first-order chi connectivity index (χ1) is 12.3. The summed E-state index contributed by atoms with van der Waals surface area (Å²) in [6.07, 6.45) is 6.70. The Bertz CT molecular complexity index is 814. The van der Waals surface area contributed by atoms with Crippen LogP contribution in [0.4, 0.5) is 5.13 Å². The van der Waals surface area contributed by atoms with E-state index >= 15 is 0 Å². The molecule has 0 bridgehead atoms. The third-order valence-corrected chi connectivity index (χ3v) is 5.18. The van der Waals surface area contributed by atoms with E-state index in [-0.39, 0.29) is 0 Å². The zero-order chi connectivity index (χ0) is 17.1. The van der Waals surface area contributed by atoms with Crippen LogP contribution < -0.4 is 10.6 Å². The Labute approximate surface area is 150 Å². The fraction of sp³-hybridized carbons (Fsp3) is 0.353. The van der Waals surface area contributed by atoms with E-state index in [1.165, 1.54) is 0 Å². The number of hydrogen-bond donors (Lipinski definition) is 1. The first-order valence-corrected chi connectivity index (χ1v) is 9.29. The van der Waals surface area contributed by atoms with Gasteiger partial charge >= 0.3 is 0 Å². The van der Waals surface area contributed by atoms with Crippen LogP contribution in [-0.4, -0.2) is 58.0 Å². The number of piperazine rings is 1. The van der Waals surface area contributed by atoms with E-state index in [2.05, 4.69) is 24.8 Å². The van der Waals surface area contributed by atoms with Gasteiger partial charge in [0.05, 0.1) is 5.69 Å². The minimum Gasteiger partial charge on any atom is -0.370 e. The number of thiazole rings is 1. The van der Waals surface area contributed by atoms with Crippen molar-refractivity contribution in [1.82, 2.24) is 19.3 Å². The largest absolute Gasteiger partial charge is 0.370 e. The zero-order valence-electron chi connectivity index (χ0n) is 14.0. The van der Waals surface area contributed by atoms with Crippen LogP contribution in [0.15, 0.2) is 47.2 Å². The number of fused-ring (bicyclic) bond motifs is 1. The number of nitrogens with zero attached hydrogens (tertiary/aromatic N) is 6. The molecule has 1 aliphatic rings. The quantitative estimate of drug-likeness (QED) is 0.567. The molecule has 4 heterocycles.